The van der Waals surface area contributed by atoms with Gasteiger partial charge in [-0.2, -0.15) is 0 Å². The van der Waals surface area contributed by atoms with Crippen molar-refractivity contribution in [2.24, 2.45) is 11.8 Å². The van der Waals surface area contributed by atoms with Crippen molar-refractivity contribution in [1.82, 2.24) is 4.90 Å². The van der Waals surface area contributed by atoms with Crippen LogP contribution < -0.4 is 0 Å². The molecule has 0 bridgehead atoms. The van der Waals surface area contributed by atoms with Crippen LogP contribution in [0.1, 0.15) is 31.7 Å². The van der Waals surface area contributed by atoms with Gasteiger partial charge in [-0.1, -0.05) is 43.1 Å². The number of ether oxygens (including phenoxy) is 1. The quantitative estimate of drug-likeness (QED) is 0.755. The monoisotopic (exact) mass is 323 g/mol. The first-order chi connectivity index (χ1) is 10.5. The molecule has 1 saturated carbocycles. The molecule has 0 spiro atoms. The third kappa shape index (κ3) is 4.01. The molecular formula is C17H22ClNO3. The number of carbonyl (C=O) groups is 2. The van der Waals surface area contributed by atoms with E-state index < -0.39 is 0 Å². The highest BCUT2D eigenvalue weighted by atomic mass is 35.5. The molecule has 0 saturated heterocycles. The van der Waals surface area contributed by atoms with Crippen molar-refractivity contribution in [3.63, 3.8) is 0 Å². The van der Waals surface area contributed by atoms with Gasteiger partial charge in [0.2, 0.25) is 5.91 Å². The van der Waals surface area contributed by atoms with Crippen LogP contribution in [0.4, 0.5) is 0 Å². The van der Waals surface area contributed by atoms with Crippen LogP contribution >= 0.6 is 11.6 Å². The smallest absolute Gasteiger partial charge is 0.310 e. The fraction of sp³-hybridized carbons (Fsp3) is 0.529. The average Bonchev–Trinajstić information content (AvgIpc) is 2.45. The third-order valence-electron chi connectivity index (χ3n) is 4.18. The van der Waals surface area contributed by atoms with E-state index in [1.807, 2.05) is 24.3 Å². The zero-order valence-electron chi connectivity index (χ0n) is 13.0. The van der Waals surface area contributed by atoms with Gasteiger partial charge in [0.05, 0.1) is 13.0 Å². The fourth-order valence-electron chi connectivity index (χ4n) is 2.58. The molecule has 0 aromatic heterocycles. The Kier molecular flexibility index (Phi) is 5.83. The summed E-state index contributed by atoms with van der Waals surface area (Å²) in [5.41, 5.74) is 0.897. The van der Waals surface area contributed by atoms with Crippen LogP contribution in [0, 0.1) is 11.8 Å². The van der Waals surface area contributed by atoms with Crippen molar-refractivity contribution in [1.29, 1.82) is 0 Å². The molecule has 5 heteroatoms. The summed E-state index contributed by atoms with van der Waals surface area (Å²) in [5, 5.41) is 0.639. The maximum Gasteiger partial charge on any atom is 0.310 e. The number of amides is 1. The molecule has 0 aliphatic heterocycles. The number of methoxy groups -OCH3 is 1. The second-order valence-electron chi connectivity index (χ2n) is 5.86. The number of esters is 1. The number of hydrogen-bond acceptors (Lipinski definition) is 3. The van der Waals surface area contributed by atoms with Crippen molar-refractivity contribution in [2.45, 2.75) is 32.7 Å². The molecule has 1 unspecified atom stereocenters. The highest BCUT2D eigenvalue weighted by Gasteiger charge is 2.31. The Hall–Kier alpha value is -1.55. The Labute approximate surface area is 136 Å². The topological polar surface area (TPSA) is 46.6 Å². The van der Waals surface area contributed by atoms with Gasteiger partial charge in [0, 0.05) is 24.0 Å². The molecule has 1 aliphatic rings. The molecule has 4 nitrogen and oxygen atoms in total. The van der Waals surface area contributed by atoms with Gasteiger partial charge in [0.15, 0.2) is 0 Å². The van der Waals surface area contributed by atoms with Crippen LogP contribution in [0.5, 0.6) is 0 Å². The van der Waals surface area contributed by atoms with Gasteiger partial charge in [-0.05, 0) is 24.5 Å². The third-order valence-corrected chi connectivity index (χ3v) is 4.55. The molecule has 1 aliphatic carbocycles. The van der Waals surface area contributed by atoms with Crippen LogP contribution in [-0.2, 0) is 20.9 Å². The Bertz CT molecular complexity index is 542. The molecule has 22 heavy (non-hydrogen) atoms. The van der Waals surface area contributed by atoms with Crippen molar-refractivity contribution in [2.75, 3.05) is 13.7 Å². The predicted molar refractivity (Wildman–Crippen MR) is 85.4 cm³/mol. The van der Waals surface area contributed by atoms with Crippen LogP contribution in [0.2, 0.25) is 5.02 Å². The summed E-state index contributed by atoms with van der Waals surface area (Å²) in [6.45, 7) is 2.56. The van der Waals surface area contributed by atoms with E-state index in [9.17, 15) is 9.59 Å². The lowest BCUT2D eigenvalue weighted by molar-refractivity contribution is -0.147. The van der Waals surface area contributed by atoms with Crippen LogP contribution in [-0.4, -0.2) is 30.4 Å². The fourth-order valence-corrected chi connectivity index (χ4v) is 2.78. The van der Waals surface area contributed by atoms with Crippen LogP contribution in [0.15, 0.2) is 24.3 Å². The Morgan fingerprint density at radius 2 is 2.05 bits per heavy atom. The first-order valence-electron chi connectivity index (χ1n) is 7.63. The van der Waals surface area contributed by atoms with E-state index in [1.165, 1.54) is 7.11 Å². The average molecular weight is 324 g/mol. The minimum absolute atomic E-state index is 0.0901. The van der Waals surface area contributed by atoms with Crippen molar-refractivity contribution < 1.29 is 14.3 Å². The lowest BCUT2D eigenvalue weighted by Crippen LogP contribution is -2.42. The highest BCUT2D eigenvalue weighted by molar-refractivity contribution is 6.31. The number of rotatable bonds is 6. The summed E-state index contributed by atoms with van der Waals surface area (Å²) in [5.74, 6) is -0.448. The molecule has 120 valence electrons. The first-order valence-corrected chi connectivity index (χ1v) is 8.00. The zero-order valence-corrected chi connectivity index (χ0v) is 13.8. The van der Waals surface area contributed by atoms with Gasteiger partial charge in [-0.3, -0.25) is 9.59 Å². The zero-order chi connectivity index (χ0) is 16.1. The summed E-state index contributed by atoms with van der Waals surface area (Å²) in [4.78, 5) is 26.0. The summed E-state index contributed by atoms with van der Waals surface area (Å²) >= 11 is 6.20. The summed E-state index contributed by atoms with van der Waals surface area (Å²) in [6, 6.07) is 7.48. The molecule has 2 rings (SSSR count). The van der Waals surface area contributed by atoms with E-state index in [0.29, 0.717) is 18.1 Å². The molecule has 1 amide bonds. The van der Waals surface area contributed by atoms with E-state index in [4.69, 9.17) is 16.3 Å². The maximum absolute atomic E-state index is 12.6. The Balaban J connectivity index is 2.12. The molecule has 1 aromatic carbocycles. The maximum atomic E-state index is 12.6. The standard InChI is InChI=1S/C17H22ClNO3/c1-12(17(21)22-2)10-19(16(20)13-7-5-8-13)11-14-6-3-4-9-15(14)18/h3-4,6,9,12-13H,5,7-8,10-11H2,1-2H3. The number of hydrogen-bond donors (Lipinski definition) is 0. The number of halogens is 1. The SMILES string of the molecule is COC(=O)C(C)CN(Cc1ccccc1Cl)C(=O)C1CCC1. The molecule has 0 N–H and O–H groups in total. The lowest BCUT2D eigenvalue weighted by atomic mass is 9.84. The van der Waals surface area contributed by atoms with Crippen molar-refractivity contribution in [3.05, 3.63) is 34.9 Å². The molecule has 0 heterocycles. The molecular weight excluding hydrogens is 302 g/mol. The largest absolute Gasteiger partial charge is 0.469 e. The van der Waals surface area contributed by atoms with Gasteiger partial charge < -0.3 is 9.64 Å². The number of benzene rings is 1. The van der Waals surface area contributed by atoms with E-state index in [2.05, 4.69) is 0 Å². The van der Waals surface area contributed by atoms with Gasteiger partial charge in [0.25, 0.3) is 0 Å². The van der Waals surface area contributed by atoms with Gasteiger partial charge in [0.1, 0.15) is 0 Å². The van der Waals surface area contributed by atoms with Gasteiger partial charge in [-0.25, -0.2) is 0 Å². The van der Waals surface area contributed by atoms with E-state index in [-0.39, 0.29) is 23.7 Å². The second kappa shape index (κ2) is 7.63. The van der Waals surface area contributed by atoms with Crippen LogP contribution in [0.25, 0.3) is 0 Å². The molecule has 1 atom stereocenters. The normalized spacial score (nSPS) is 15.8. The Morgan fingerprint density at radius 1 is 1.36 bits per heavy atom. The van der Waals surface area contributed by atoms with Crippen molar-refractivity contribution >= 4 is 23.5 Å². The summed E-state index contributed by atoms with van der Waals surface area (Å²) < 4.78 is 4.76. The predicted octanol–water partition coefficient (Wildman–Crippen LogP) is 3.28. The minimum atomic E-state index is -0.350. The van der Waals surface area contributed by atoms with E-state index in [1.54, 1.807) is 11.8 Å². The first kappa shape index (κ1) is 16.8. The second-order valence-corrected chi connectivity index (χ2v) is 6.27. The van der Waals surface area contributed by atoms with Gasteiger partial charge >= 0.3 is 5.97 Å². The molecule has 1 fully saturated rings. The minimum Gasteiger partial charge on any atom is -0.469 e. The van der Waals surface area contributed by atoms with E-state index >= 15 is 0 Å². The van der Waals surface area contributed by atoms with E-state index in [0.717, 1.165) is 24.8 Å². The number of nitrogens with zero attached hydrogens (tertiary/aromatic N) is 1. The Morgan fingerprint density at radius 3 is 2.59 bits per heavy atom. The molecule has 0 radical (unpaired) electrons. The van der Waals surface area contributed by atoms with Gasteiger partial charge in [-0.15, -0.1) is 0 Å². The van der Waals surface area contributed by atoms with Crippen LogP contribution in [0.3, 0.4) is 0 Å². The summed E-state index contributed by atoms with van der Waals surface area (Å²) in [7, 11) is 1.37. The number of carbonyl (C=O) groups excluding carboxylic acids is 2. The lowest BCUT2D eigenvalue weighted by Gasteiger charge is -2.33. The van der Waals surface area contributed by atoms with Crippen molar-refractivity contribution in [3.8, 4) is 0 Å². The highest BCUT2D eigenvalue weighted by Crippen LogP contribution is 2.29. The summed E-state index contributed by atoms with van der Waals surface area (Å²) in [6.07, 6.45) is 2.97. The molecule has 1 aromatic rings.